The molecule has 0 bridgehead atoms. The van der Waals surface area contributed by atoms with E-state index in [4.69, 9.17) is 11.1 Å². The molecule has 1 aliphatic rings. The van der Waals surface area contributed by atoms with E-state index in [0.717, 1.165) is 12.8 Å². The quantitative estimate of drug-likeness (QED) is 0.543. The van der Waals surface area contributed by atoms with E-state index in [-0.39, 0.29) is 11.8 Å². The molecule has 0 unspecified atom stereocenters. The molecule has 1 saturated carbocycles. The molecule has 0 spiro atoms. The van der Waals surface area contributed by atoms with Crippen LogP contribution < -0.4 is 5.73 Å². The average molecular weight is 218 g/mol. The van der Waals surface area contributed by atoms with Crippen LogP contribution in [0.25, 0.3) is 0 Å². The standard InChI is InChI=1S/C9H18N2O2S/c1-6(2)14(12,13)9(3,8(10)11)7-4-5-7/h6-7H,4-5H2,1-3H3,(H3,10,11)/t9-/m0/s1. The molecule has 1 rings (SSSR count). The SMILES string of the molecule is CC(C)S(=O)(=O)[C@](C)(C(=N)N)C1CC1. The molecule has 5 heteroatoms. The van der Waals surface area contributed by atoms with Crippen LogP contribution in [-0.2, 0) is 9.84 Å². The summed E-state index contributed by atoms with van der Waals surface area (Å²) in [5.74, 6) is -0.166. The van der Waals surface area contributed by atoms with Crippen LogP contribution in [-0.4, -0.2) is 24.3 Å². The van der Waals surface area contributed by atoms with Gasteiger partial charge in [0.15, 0.2) is 9.84 Å². The lowest BCUT2D eigenvalue weighted by Crippen LogP contribution is -2.52. The third-order valence-electron chi connectivity index (χ3n) is 3.10. The molecule has 0 aromatic carbocycles. The molecule has 4 nitrogen and oxygen atoms in total. The van der Waals surface area contributed by atoms with Crippen LogP contribution in [0.5, 0.6) is 0 Å². The van der Waals surface area contributed by atoms with Crippen molar-refractivity contribution in [1.29, 1.82) is 5.41 Å². The number of hydrogen-bond acceptors (Lipinski definition) is 3. The Hall–Kier alpha value is -0.580. The van der Waals surface area contributed by atoms with E-state index in [2.05, 4.69) is 0 Å². The fourth-order valence-electron chi connectivity index (χ4n) is 1.73. The van der Waals surface area contributed by atoms with Gasteiger partial charge in [-0.1, -0.05) is 0 Å². The lowest BCUT2D eigenvalue weighted by Gasteiger charge is -2.30. The van der Waals surface area contributed by atoms with Crippen molar-refractivity contribution < 1.29 is 8.42 Å². The second-order valence-corrected chi connectivity index (χ2v) is 7.27. The Morgan fingerprint density at radius 2 is 1.93 bits per heavy atom. The van der Waals surface area contributed by atoms with Crippen molar-refractivity contribution in [2.45, 2.75) is 43.6 Å². The molecule has 3 N–H and O–H groups in total. The molecule has 82 valence electrons. The summed E-state index contributed by atoms with van der Waals surface area (Å²) in [6.45, 7) is 4.86. The van der Waals surface area contributed by atoms with E-state index in [1.807, 2.05) is 0 Å². The largest absolute Gasteiger partial charge is 0.386 e. The monoisotopic (exact) mass is 218 g/mol. The van der Waals surface area contributed by atoms with Gasteiger partial charge in [-0.05, 0) is 39.5 Å². The smallest absolute Gasteiger partial charge is 0.165 e. The summed E-state index contributed by atoms with van der Waals surface area (Å²) in [7, 11) is -3.32. The third-order valence-corrected chi connectivity index (χ3v) is 6.08. The summed E-state index contributed by atoms with van der Waals surface area (Å²) in [6, 6.07) is 0. The molecule has 0 aromatic rings. The summed E-state index contributed by atoms with van der Waals surface area (Å²) < 4.78 is 23.0. The highest BCUT2D eigenvalue weighted by atomic mass is 32.2. The molecule has 0 heterocycles. The van der Waals surface area contributed by atoms with Crippen molar-refractivity contribution in [1.82, 2.24) is 0 Å². The molecular weight excluding hydrogens is 200 g/mol. The molecular formula is C9H18N2O2S. The highest BCUT2D eigenvalue weighted by molar-refractivity contribution is 7.94. The number of nitrogens with one attached hydrogen (secondary N) is 1. The first-order chi connectivity index (χ1) is 6.24. The van der Waals surface area contributed by atoms with E-state index in [0.29, 0.717) is 0 Å². The Kier molecular flexibility index (Phi) is 2.65. The van der Waals surface area contributed by atoms with Crippen LogP contribution in [0, 0.1) is 11.3 Å². The Morgan fingerprint density at radius 1 is 1.50 bits per heavy atom. The van der Waals surface area contributed by atoms with Gasteiger partial charge in [0.25, 0.3) is 0 Å². The fraction of sp³-hybridized carbons (Fsp3) is 0.889. The zero-order valence-corrected chi connectivity index (χ0v) is 9.69. The van der Waals surface area contributed by atoms with Gasteiger partial charge in [-0.25, -0.2) is 8.42 Å². The zero-order valence-electron chi connectivity index (χ0n) is 8.87. The molecule has 0 amide bonds. The Balaban J connectivity index is 3.18. The normalized spacial score (nSPS) is 22.0. The van der Waals surface area contributed by atoms with Gasteiger partial charge < -0.3 is 5.73 Å². The van der Waals surface area contributed by atoms with E-state index >= 15 is 0 Å². The first kappa shape index (κ1) is 11.5. The maximum Gasteiger partial charge on any atom is 0.165 e. The summed E-state index contributed by atoms with van der Waals surface area (Å²) >= 11 is 0. The second kappa shape index (κ2) is 3.22. The van der Waals surface area contributed by atoms with E-state index in [1.165, 1.54) is 0 Å². The predicted octanol–water partition coefficient (Wildman–Crippen LogP) is 0.914. The minimum absolute atomic E-state index is 0.0485. The van der Waals surface area contributed by atoms with Crippen LogP contribution in [0.2, 0.25) is 0 Å². The van der Waals surface area contributed by atoms with E-state index < -0.39 is 19.8 Å². The van der Waals surface area contributed by atoms with E-state index in [9.17, 15) is 8.42 Å². The molecule has 1 aliphatic carbocycles. The number of amidine groups is 1. The van der Waals surface area contributed by atoms with Gasteiger partial charge >= 0.3 is 0 Å². The van der Waals surface area contributed by atoms with Crippen molar-refractivity contribution >= 4 is 15.7 Å². The van der Waals surface area contributed by atoms with Gasteiger partial charge in [0.2, 0.25) is 0 Å². The second-order valence-electron chi connectivity index (χ2n) is 4.39. The van der Waals surface area contributed by atoms with Gasteiger partial charge in [-0.15, -0.1) is 0 Å². The van der Waals surface area contributed by atoms with Crippen LogP contribution in [0.15, 0.2) is 0 Å². The van der Waals surface area contributed by atoms with Gasteiger partial charge in [-0.3, -0.25) is 5.41 Å². The molecule has 14 heavy (non-hydrogen) atoms. The molecule has 0 aromatic heterocycles. The van der Waals surface area contributed by atoms with Crippen LogP contribution in [0.3, 0.4) is 0 Å². The van der Waals surface area contributed by atoms with Crippen molar-refractivity contribution in [3.63, 3.8) is 0 Å². The first-order valence-corrected chi connectivity index (χ1v) is 6.37. The van der Waals surface area contributed by atoms with Crippen molar-refractivity contribution in [3.8, 4) is 0 Å². The molecule has 0 radical (unpaired) electrons. The highest BCUT2D eigenvalue weighted by Crippen LogP contribution is 2.45. The number of hydrogen-bond donors (Lipinski definition) is 2. The third kappa shape index (κ3) is 1.43. The zero-order chi connectivity index (χ0) is 11.1. The Bertz CT molecular complexity index is 344. The Morgan fingerprint density at radius 3 is 2.14 bits per heavy atom. The van der Waals surface area contributed by atoms with Crippen molar-refractivity contribution in [3.05, 3.63) is 0 Å². The maximum absolute atomic E-state index is 12.1. The summed E-state index contributed by atoms with van der Waals surface area (Å²) in [4.78, 5) is 0. The fourth-order valence-corrected chi connectivity index (χ4v) is 3.72. The maximum atomic E-state index is 12.1. The summed E-state index contributed by atoms with van der Waals surface area (Å²) in [5.41, 5.74) is 5.44. The minimum Gasteiger partial charge on any atom is -0.386 e. The topological polar surface area (TPSA) is 84.0 Å². The van der Waals surface area contributed by atoms with Gasteiger partial charge in [-0.2, -0.15) is 0 Å². The molecule has 0 aliphatic heterocycles. The highest BCUT2D eigenvalue weighted by Gasteiger charge is 2.54. The molecule has 0 saturated heterocycles. The lowest BCUT2D eigenvalue weighted by atomic mass is 10.0. The summed E-state index contributed by atoms with van der Waals surface area (Å²) in [6.07, 6.45) is 1.73. The van der Waals surface area contributed by atoms with Crippen LogP contribution >= 0.6 is 0 Å². The van der Waals surface area contributed by atoms with Gasteiger partial charge in [0, 0.05) is 0 Å². The van der Waals surface area contributed by atoms with Gasteiger partial charge in [0.05, 0.1) is 5.25 Å². The predicted molar refractivity (Wildman–Crippen MR) is 57.1 cm³/mol. The summed E-state index contributed by atoms with van der Waals surface area (Å²) in [5, 5.41) is 6.99. The van der Waals surface area contributed by atoms with E-state index in [1.54, 1.807) is 20.8 Å². The Labute approximate surface area is 85.3 Å². The molecule has 1 atom stereocenters. The van der Waals surface area contributed by atoms with Crippen molar-refractivity contribution in [2.75, 3.05) is 0 Å². The number of sulfone groups is 1. The van der Waals surface area contributed by atoms with Crippen LogP contribution in [0.1, 0.15) is 33.6 Å². The van der Waals surface area contributed by atoms with Gasteiger partial charge in [0.1, 0.15) is 10.6 Å². The molecule has 1 fully saturated rings. The number of rotatable bonds is 4. The minimum atomic E-state index is -3.32. The number of nitrogens with two attached hydrogens (primary N) is 1. The van der Waals surface area contributed by atoms with Crippen LogP contribution in [0.4, 0.5) is 0 Å². The average Bonchev–Trinajstić information content (AvgIpc) is 2.84. The van der Waals surface area contributed by atoms with Crippen molar-refractivity contribution in [2.24, 2.45) is 11.7 Å². The first-order valence-electron chi connectivity index (χ1n) is 4.82. The lowest BCUT2D eigenvalue weighted by molar-refractivity contribution is 0.542.